The van der Waals surface area contributed by atoms with Gasteiger partial charge in [0.25, 0.3) is 5.91 Å². The molecule has 2 aromatic heterocycles. The molecule has 1 fully saturated rings. The van der Waals surface area contributed by atoms with Crippen molar-refractivity contribution in [1.82, 2.24) is 24.8 Å². The van der Waals surface area contributed by atoms with E-state index < -0.39 is 5.82 Å². The topological polar surface area (TPSA) is 71.8 Å². The molecule has 5 rings (SSSR count). The van der Waals surface area contributed by atoms with Crippen molar-refractivity contribution in [1.29, 1.82) is 0 Å². The van der Waals surface area contributed by atoms with E-state index in [1.165, 1.54) is 18.2 Å². The van der Waals surface area contributed by atoms with Crippen LogP contribution in [0, 0.1) is 19.7 Å². The van der Waals surface area contributed by atoms with Crippen LogP contribution >= 0.6 is 11.6 Å². The Morgan fingerprint density at radius 2 is 2.12 bits per heavy atom. The van der Waals surface area contributed by atoms with E-state index in [9.17, 15) is 9.18 Å². The highest BCUT2D eigenvalue weighted by atomic mass is 35.5. The maximum Gasteiger partial charge on any atom is 0.258 e. The fourth-order valence-electron chi connectivity index (χ4n) is 4.57. The fraction of sp³-hybridized carbons (Fsp3) is 0.435. The van der Waals surface area contributed by atoms with Gasteiger partial charge in [-0.15, -0.1) is 0 Å². The van der Waals surface area contributed by atoms with Crippen molar-refractivity contribution in [3.8, 4) is 5.75 Å². The molecule has 7 nitrogen and oxygen atoms in total. The van der Waals surface area contributed by atoms with Gasteiger partial charge in [-0.2, -0.15) is 5.10 Å². The molecule has 9 heteroatoms. The molecule has 0 radical (unpaired) electrons. The molecule has 32 heavy (non-hydrogen) atoms. The smallest absolute Gasteiger partial charge is 0.258 e. The number of nitrogens with zero attached hydrogens (tertiary/aromatic N) is 4. The van der Waals surface area contributed by atoms with Crippen molar-refractivity contribution >= 4 is 23.2 Å². The molecule has 0 spiro atoms. The van der Waals surface area contributed by atoms with Gasteiger partial charge in [-0.05, 0) is 52.3 Å². The maximum atomic E-state index is 14.0. The molecule has 4 heterocycles. The molecular weight excluding hydrogens is 433 g/mol. The Morgan fingerprint density at radius 3 is 2.91 bits per heavy atom. The second-order valence-electron chi connectivity index (χ2n) is 8.68. The first-order chi connectivity index (χ1) is 15.3. The lowest BCUT2D eigenvalue weighted by molar-refractivity contribution is 0.0738. The number of carbonyl (C=O) groups is 1. The predicted octanol–water partition coefficient (Wildman–Crippen LogP) is 3.81. The van der Waals surface area contributed by atoms with Gasteiger partial charge in [0, 0.05) is 17.7 Å². The van der Waals surface area contributed by atoms with Crippen LogP contribution in [0.5, 0.6) is 5.75 Å². The third-order valence-electron chi connectivity index (χ3n) is 6.29. The number of carbonyl (C=O) groups excluding carboxylic acids is 1. The average molecular weight is 458 g/mol. The number of hydrogen-bond donors (Lipinski definition) is 1. The molecule has 2 aliphatic heterocycles. The second-order valence-corrected chi connectivity index (χ2v) is 9.06. The lowest BCUT2D eigenvalue weighted by Gasteiger charge is -2.29. The number of halogens is 2. The Hall–Kier alpha value is -2.71. The number of aryl methyl sites for hydroxylation is 2. The van der Waals surface area contributed by atoms with Gasteiger partial charge >= 0.3 is 0 Å². The lowest BCUT2D eigenvalue weighted by atomic mass is 10.0. The molecule has 2 unspecified atom stereocenters. The summed E-state index contributed by atoms with van der Waals surface area (Å²) in [5.41, 5.74) is 4.35. The van der Waals surface area contributed by atoms with Crippen LogP contribution in [0.1, 0.15) is 52.8 Å². The standard InChI is InChI=1S/C23H25ClFN5O2/c1-12-8-16(6-7-26-12)32-20-9-15(25)4-5-17(20)23(31)29-10-18-19(11-29)28-30-14(3)21(24)13(2)27-22(18)30/h4-5,9,12,16,26H,6-8,10-11H2,1-3H3. The molecule has 1 saturated heterocycles. The highest BCUT2D eigenvalue weighted by Crippen LogP contribution is 2.32. The number of ether oxygens (including phenoxy) is 1. The van der Waals surface area contributed by atoms with Crippen LogP contribution in [0.4, 0.5) is 4.39 Å². The van der Waals surface area contributed by atoms with Gasteiger partial charge in [-0.1, -0.05) is 11.6 Å². The van der Waals surface area contributed by atoms with Crippen LogP contribution in [0.3, 0.4) is 0 Å². The molecule has 1 N–H and O–H groups in total. The van der Waals surface area contributed by atoms with E-state index in [2.05, 4.69) is 22.3 Å². The summed E-state index contributed by atoms with van der Waals surface area (Å²) in [5.74, 6) is -0.335. The van der Waals surface area contributed by atoms with E-state index in [4.69, 9.17) is 16.3 Å². The zero-order chi connectivity index (χ0) is 22.6. The Labute approximate surface area is 190 Å². The van der Waals surface area contributed by atoms with E-state index in [1.807, 2.05) is 13.8 Å². The first-order valence-electron chi connectivity index (χ1n) is 10.8. The third kappa shape index (κ3) is 3.61. The van der Waals surface area contributed by atoms with Crippen LogP contribution < -0.4 is 10.1 Å². The molecule has 0 bridgehead atoms. The number of nitrogens with one attached hydrogen (secondary N) is 1. The third-order valence-corrected chi connectivity index (χ3v) is 6.83. The van der Waals surface area contributed by atoms with Crippen molar-refractivity contribution in [3.63, 3.8) is 0 Å². The normalized spacial score (nSPS) is 20.6. The van der Waals surface area contributed by atoms with Crippen molar-refractivity contribution in [2.45, 2.75) is 58.8 Å². The second kappa shape index (κ2) is 8.01. The molecule has 2 atom stereocenters. The predicted molar refractivity (Wildman–Crippen MR) is 119 cm³/mol. The first-order valence-corrected chi connectivity index (χ1v) is 11.2. The molecule has 3 aromatic rings. The molecule has 1 amide bonds. The van der Waals surface area contributed by atoms with Crippen LogP contribution in [-0.4, -0.2) is 44.1 Å². The summed E-state index contributed by atoms with van der Waals surface area (Å²) in [5, 5.41) is 8.60. The minimum atomic E-state index is -0.423. The minimum absolute atomic E-state index is 0.0560. The van der Waals surface area contributed by atoms with E-state index in [-0.39, 0.29) is 12.0 Å². The highest BCUT2D eigenvalue weighted by Gasteiger charge is 2.32. The summed E-state index contributed by atoms with van der Waals surface area (Å²) in [6.45, 7) is 7.42. The van der Waals surface area contributed by atoms with Crippen LogP contribution in [0.25, 0.3) is 5.65 Å². The Balaban J connectivity index is 1.42. The van der Waals surface area contributed by atoms with Gasteiger partial charge in [-0.25, -0.2) is 13.9 Å². The maximum absolute atomic E-state index is 14.0. The quantitative estimate of drug-likeness (QED) is 0.647. The van der Waals surface area contributed by atoms with Crippen molar-refractivity contribution < 1.29 is 13.9 Å². The number of piperidine rings is 1. The Kier molecular flexibility index (Phi) is 5.29. The van der Waals surface area contributed by atoms with Gasteiger partial charge in [0.05, 0.1) is 40.8 Å². The molecule has 2 aliphatic rings. The van der Waals surface area contributed by atoms with Crippen LogP contribution in [0.15, 0.2) is 18.2 Å². The molecule has 168 valence electrons. The first kappa shape index (κ1) is 21.2. The number of amides is 1. The average Bonchev–Trinajstić information content (AvgIpc) is 3.31. The molecule has 1 aromatic carbocycles. The van der Waals surface area contributed by atoms with Gasteiger partial charge in [0.2, 0.25) is 0 Å². The Morgan fingerprint density at radius 1 is 1.31 bits per heavy atom. The largest absolute Gasteiger partial charge is 0.489 e. The van der Waals surface area contributed by atoms with E-state index in [0.29, 0.717) is 41.1 Å². The summed E-state index contributed by atoms with van der Waals surface area (Å²) in [4.78, 5) is 19.7. The van der Waals surface area contributed by atoms with E-state index >= 15 is 0 Å². The van der Waals surface area contributed by atoms with Crippen LogP contribution in [-0.2, 0) is 13.1 Å². The molecule has 0 saturated carbocycles. The molecule has 0 aliphatic carbocycles. The number of hydrogen-bond acceptors (Lipinski definition) is 5. The highest BCUT2D eigenvalue weighted by molar-refractivity contribution is 6.31. The SMILES string of the molecule is Cc1nc2c3c(nn2c(C)c1Cl)CN(C(=O)c1ccc(F)cc1OC1CCNC(C)C1)C3. The zero-order valence-corrected chi connectivity index (χ0v) is 19.0. The summed E-state index contributed by atoms with van der Waals surface area (Å²) >= 11 is 6.32. The lowest BCUT2D eigenvalue weighted by Crippen LogP contribution is -2.40. The number of aromatic nitrogens is 3. The van der Waals surface area contributed by atoms with Gasteiger partial charge in [-0.3, -0.25) is 4.79 Å². The van der Waals surface area contributed by atoms with Crippen molar-refractivity contribution in [3.05, 3.63) is 57.2 Å². The zero-order valence-electron chi connectivity index (χ0n) is 18.3. The van der Waals surface area contributed by atoms with E-state index in [0.717, 1.165) is 42.0 Å². The summed E-state index contributed by atoms with van der Waals surface area (Å²) < 4.78 is 21.9. The number of rotatable bonds is 3. The van der Waals surface area contributed by atoms with Crippen molar-refractivity contribution in [2.75, 3.05) is 6.54 Å². The summed E-state index contributed by atoms with van der Waals surface area (Å²) in [6.07, 6.45) is 1.57. The number of fused-ring (bicyclic) bond motifs is 3. The van der Waals surface area contributed by atoms with Gasteiger partial charge in [0.1, 0.15) is 17.7 Å². The summed E-state index contributed by atoms with van der Waals surface area (Å²) in [6, 6.07) is 4.43. The monoisotopic (exact) mass is 457 g/mol. The fourth-order valence-corrected chi connectivity index (χ4v) is 4.69. The van der Waals surface area contributed by atoms with Crippen molar-refractivity contribution in [2.24, 2.45) is 0 Å². The minimum Gasteiger partial charge on any atom is -0.489 e. The van der Waals surface area contributed by atoms with Gasteiger partial charge < -0.3 is 15.0 Å². The Bertz CT molecular complexity index is 1230. The van der Waals surface area contributed by atoms with Gasteiger partial charge in [0.15, 0.2) is 5.65 Å². The van der Waals surface area contributed by atoms with E-state index in [1.54, 1.807) is 9.42 Å². The molecular formula is C23H25ClFN5O2. The number of benzene rings is 1. The van der Waals surface area contributed by atoms with Crippen LogP contribution in [0.2, 0.25) is 5.02 Å². The summed E-state index contributed by atoms with van der Waals surface area (Å²) in [7, 11) is 0.